The molecular formula is C9H16N2O3. The van der Waals surface area contributed by atoms with Gasteiger partial charge in [-0.05, 0) is 12.5 Å². The molecule has 1 aliphatic heterocycles. The first kappa shape index (κ1) is 11.0. The number of carbonyl (C=O) groups is 2. The third-order valence-corrected chi connectivity index (χ3v) is 2.23. The van der Waals surface area contributed by atoms with E-state index in [1.807, 2.05) is 6.92 Å². The molecule has 0 aromatic heterocycles. The van der Waals surface area contributed by atoms with E-state index in [0.29, 0.717) is 19.6 Å². The van der Waals surface area contributed by atoms with Crippen molar-refractivity contribution in [3.05, 3.63) is 0 Å². The second-order valence-corrected chi connectivity index (χ2v) is 3.59. The second-order valence-electron chi connectivity index (χ2n) is 3.59. The molecule has 0 saturated carbocycles. The average molecular weight is 200 g/mol. The first-order valence-corrected chi connectivity index (χ1v) is 4.77. The zero-order valence-corrected chi connectivity index (χ0v) is 8.36. The summed E-state index contributed by atoms with van der Waals surface area (Å²) in [6.07, 6.45) is 0.281. The Morgan fingerprint density at radius 3 is 2.93 bits per heavy atom. The SMILES string of the molecule is CC(CN)CN1CCC(=O)OCC1=O. The normalized spacial score (nSPS) is 20.3. The molecule has 1 heterocycles. The highest BCUT2D eigenvalue weighted by Crippen LogP contribution is 2.05. The lowest BCUT2D eigenvalue weighted by molar-refractivity contribution is -0.147. The number of rotatable bonds is 3. The molecule has 1 aliphatic rings. The summed E-state index contributed by atoms with van der Waals surface area (Å²) in [6.45, 7) is 3.43. The van der Waals surface area contributed by atoms with E-state index >= 15 is 0 Å². The van der Waals surface area contributed by atoms with Crippen molar-refractivity contribution in [2.24, 2.45) is 11.7 Å². The van der Waals surface area contributed by atoms with Gasteiger partial charge < -0.3 is 15.4 Å². The standard InChI is InChI=1S/C9H16N2O3/c1-7(4-10)5-11-3-2-9(13)14-6-8(11)12/h7H,2-6,10H2,1H3. The van der Waals surface area contributed by atoms with E-state index in [2.05, 4.69) is 0 Å². The Morgan fingerprint density at radius 1 is 1.57 bits per heavy atom. The van der Waals surface area contributed by atoms with Gasteiger partial charge in [-0.25, -0.2) is 0 Å². The van der Waals surface area contributed by atoms with Gasteiger partial charge in [0.05, 0.1) is 6.42 Å². The van der Waals surface area contributed by atoms with Crippen molar-refractivity contribution in [3.8, 4) is 0 Å². The fraction of sp³-hybridized carbons (Fsp3) is 0.778. The fourth-order valence-corrected chi connectivity index (χ4v) is 1.30. The molecule has 1 atom stereocenters. The predicted octanol–water partition coefficient (Wildman–Crippen LogP) is -0.643. The smallest absolute Gasteiger partial charge is 0.308 e. The maximum atomic E-state index is 11.4. The molecule has 0 aliphatic carbocycles. The van der Waals surface area contributed by atoms with Gasteiger partial charge in [0.15, 0.2) is 6.61 Å². The van der Waals surface area contributed by atoms with Gasteiger partial charge in [0, 0.05) is 13.1 Å². The van der Waals surface area contributed by atoms with Crippen molar-refractivity contribution in [1.29, 1.82) is 0 Å². The van der Waals surface area contributed by atoms with Crippen LogP contribution in [-0.2, 0) is 14.3 Å². The van der Waals surface area contributed by atoms with E-state index in [-0.39, 0.29) is 30.8 Å². The molecule has 0 spiro atoms. The van der Waals surface area contributed by atoms with E-state index in [9.17, 15) is 9.59 Å². The summed E-state index contributed by atoms with van der Waals surface area (Å²) in [4.78, 5) is 24.0. The summed E-state index contributed by atoms with van der Waals surface area (Å²) in [6, 6.07) is 0. The molecule has 5 heteroatoms. The predicted molar refractivity (Wildman–Crippen MR) is 50.4 cm³/mol. The van der Waals surface area contributed by atoms with Crippen LogP contribution in [0.15, 0.2) is 0 Å². The van der Waals surface area contributed by atoms with Crippen molar-refractivity contribution >= 4 is 11.9 Å². The lowest BCUT2D eigenvalue weighted by Gasteiger charge is -2.22. The number of nitrogens with two attached hydrogens (primary N) is 1. The summed E-state index contributed by atoms with van der Waals surface area (Å²) in [5.74, 6) is -0.176. The third-order valence-electron chi connectivity index (χ3n) is 2.23. The van der Waals surface area contributed by atoms with Crippen molar-refractivity contribution in [1.82, 2.24) is 4.90 Å². The number of amides is 1. The van der Waals surface area contributed by atoms with Crippen molar-refractivity contribution in [2.75, 3.05) is 26.2 Å². The maximum absolute atomic E-state index is 11.4. The summed E-state index contributed by atoms with van der Waals surface area (Å²) >= 11 is 0. The van der Waals surface area contributed by atoms with Crippen molar-refractivity contribution < 1.29 is 14.3 Å². The Balaban J connectivity index is 2.49. The number of hydrogen-bond donors (Lipinski definition) is 1. The fourth-order valence-electron chi connectivity index (χ4n) is 1.30. The van der Waals surface area contributed by atoms with Crippen LogP contribution in [-0.4, -0.2) is 43.0 Å². The maximum Gasteiger partial charge on any atom is 0.308 e. The monoisotopic (exact) mass is 200 g/mol. The highest BCUT2D eigenvalue weighted by Gasteiger charge is 2.22. The molecule has 0 aromatic rings. The molecule has 5 nitrogen and oxygen atoms in total. The second kappa shape index (κ2) is 4.95. The summed E-state index contributed by atoms with van der Waals surface area (Å²) in [5, 5.41) is 0. The van der Waals surface area contributed by atoms with Crippen LogP contribution in [0.3, 0.4) is 0 Å². The number of cyclic esters (lactones) is 1. The number of esters is 1. The minimum absolute atomic E-state index is 0.129. The highest BCUT2D eigenvalue weighted by atomic mass is 16.5. The minimum atomic E-state index is -0.304. The van der Waals surface area contributed by atoms with Gasteiger partial charge in [-0.2, -0.15) is 0 Å². The topological polar surface area (TPSA) is 72.6 Å². The number of hydrogen-bond acceptors (Lipinski definition) is 4. The van der Waals surface area contributed by atoms with E-state index in [0.717, 1.165) is 0 Å². The number of ether oxygens (including phenoxy) is 1. The highest BCUT2D eigenvalue weighted by molar-refractivity contribution is 5.82. The minimum Gasteiger partial charge on any atom is -0.456 e. The third kappa shape index (κ3) is 2.99. The lowest BCUT2D eigenvalue weighted by atomic mass is 10.1. The van der Waals surface area contributed by atoms with Crippen LogP contribution in [0.5, 0.6) is 0 Å². The van der Waals surface area contributed by atoms with Crippen molar-refractivity contribution in [3.63, 3.8) is 0 Å². The average Bonchev–Trinajstić information content (AvgIpc) is 2.33. The van der Waals surface area contributed by atoms with Gasteiger partial charge in [0.25, 0.3) is 5.91 Å². The Bertz CT molecular complexity index is 230. The van der Waals surface area contributed by atoms with Crippen LogP contribution < -0.4 is 5.73 Å². The summed E-state index contributed by atoms with van der Waals surface area (Å²) in [5.41, 5.74) is 5.46. The molecule has 1 amide bonds. The molecule has 1 fully saturated rings. The molecule has 0 radical (unpaired) electrons. The Morgan fingerprint density at radius 2 is 2.29 bits per heavy atom. The van der Waals surface area contributed by atoms with E-state index in [1.165, 1.54) is 0 Å². The number of nitrogens with zero attached hydrogens (tertiary/aromatic N) is 1. The van der Waals surface area contributed by atoms with Gasteiger partial charge in [0.1, 0.15) is 0 Å². The molecule has 0 bridgehead atoms. The summed E-state index contributed by atoms with van der Waals surface area (Å²) in [7, 11) is 0. The van der Waals surface area contributed by atoms with E-state index in [1.54, 1.807) is 4.90 Å². The zero-order valence-electron chi connectivity index (χ0n) is 8.36. The quantitative estimate of drug-likeness (QED) is 0.615. The molecular weight excluding hydrogens is 184 g/mol. The Kier molecular flexibility index (Phi) is 3.88. The molecule has 1 rings (SSSR count). The van der Waals surface area contributed by atoms with Crippen molar-refractivity contribution in [2.45, 2.75) is 13.3 Å². The number of carbonyl (C=O) groups excluding carboxylic acids is 2. The summed E-state index contributed by atoms with van der Waals surface area (Å²) < 4.78 is 4.70. The first-order chi connectivity index (χ1) is 6.63. The van der Waals surface area contributed by atoms with Gasteiger partial charge in [-0.1, -0.05) is 6.92 Å². The van der Waals surface area contributed by atoms with Gasteiger partial charge >= 0.3 is 5.97 Å². The Hall–Kier alpha value is -1.10. The van der Waals surface area contributed by atoms with Crippen LogP contribution in [0.25, 0.3) is 0 Å². The molecule has 14 heavy (non-hydrogen) atoms. The molecule has 80 valence electrons. The van der Waals surface area contributed by atoms with Crippen LogP contribution in [0.2, 0.25) is 0 Å². The molecule has 2 N–H and O–H groups in total. The largest absolute Gasteiger partial charge is 0.456 e. The lowest BCUT2D eigenvalue weighted by Crippen LogP contribution is -2.37. The van der Waals surface area contributed by atoms with Crippen LogP contribution in [0.4, 0.5) is 0 Å². The van der Waals surface area contributed by atoms with Gasteiger partial charge in [-0.15, -0.1) is 0 Å². The van der Waals surface area contributed by atoms with Crippen LogP contribution >= 0.6 is 0 Å². The van der Waals surface area contributed by atoms with E-state index in [4.69, 9.17) is 10.5 Å². The molecule has 0 aromatic carbocycles. The molecule has 1 unspecified atom stereocenters. The zero-order chi connectivity index (χ0) is 10.6. The van der Waals surface area contributed by atoms with E-state index < -0.39 is 0 Å². The first-order valence-electron chi connectivity index (χ1n) is 4.77. The van der Waals surface area contributed by atoms with Gasteiger partial charge in [0.2, 0.25) is 0 Å². The van der Waals surface area contributed by atoms with Crippen LogP contribution in [0, 0.1) is 5.92 Å². The van der Waals surface area contributed by atoms with Gasteiger partial charge in [-0.3, -0.25) is 9.59 Å². The molecule has 1 saturated heterocycles. The Labute approximate surface area is 83.2 Å². The van der Waals surface area contributed by atoms with Crippen LogP contribution in [0.1, 0.15) is 13.3 Å².